The van der Waals surface area contributed by atoms with E-state index in [0.717, 1.165) is 6.42 Å². The van der Waals surface area contributed by atoms with Crippen LogP contribution in [0.2, 0.25) is 0 Å². The van der Waals surface area contributed by atoms with Gasteiger partial charge >= 0.3 is 0 Å². The van der Waals surface area contributed by atoms with Crippen molar-refractivity contribution < 1.29 is 14.3 Å². The Kier molecular flexibility index (Phi) is 6.57. The normalized spacial score (nSPS) is 15.7. The first kappa shape index (κ1) is 13.9. The summed E-state index contributed by atoms with van der Waals surface area (Å²) in [5, 5.41) is 5.59. The fourth-order valence-corrected chi connectivity index (χ4v) is 1.53. The predicted octanol–water partition coefficient (Wildman–Crippen LogP) is -1.04. The van der Waals surface area contributed by atoms with Crippen molar-refractivity contribution in [2.75, 3.05) is 45.9 Å². The minimum absolute atomic E-state index is 0.0246. The van der Waals surface area contributed by atoms with Crippen LogP contribution in [-0.2, 0) is 14.3 Å². The maximum Gasteiger partial charge on any atom is 0.236 e. The highest BCUT2D eigenvalue weighted by Gasteiger charge is 2.16. The van der Waals surface area contributed by atoms with Crippen LogP contribution in [0.3, 0.4) is 0 Å². The summed E-state index contributed by atoms with van der Waals surface area (Å²) in [6.45, 7) is 5.56. The van der Waals surface area contributed by atoms with Crippen molar-refractivity contribution in [3.8, 4) is 0 Å². The standard InChI is InChI=1S/C11H21N3O3/c1-2-3-13-10(15)8-12-9-11(16)14-4-6-17-7-5-14/h12H,2-9H2,1H3,(H,13,15). The minimum Gasteiger partial charge on any atom is -0.378 e. The number of carbonyl (C=O) groups is 2. The van der Waals surface area contributed by atoms with Gasteiger partial charge in [0.15, 0.2) is 0 Å². The van der Waals surface area contributed by atoms with Gasteiger partial charge in [-0.2, -0.15) is 0 Å². The third-order valence-corrected chi connectivity index (χ3v) is 2.50. The molecule has 0 spiro atoms. The lowest BCUT2D eigenvalue weighted by atomic mass is 10.4. The summed E-state index contributed by atoms with van der Waals surface area (Å²) < 4.78 is 5.16. The summed E-state index contributed by atoms with van der Waals surface area (Å²) in [6, 6.07) is 0. The largest absolute Gasteiger partial charge is 0.378 e. The van der Waals surface area contributed by atoms with Gasteiger partial charge in [0.25, 0.3) is 0 Å². The van der Waals surface area contributed by atoms with Gasteiger partial charge in [-0.15, -0.1) is 0 Å². The molecule has 0 aliphatic carbocycles. The lowest BCUT2D eigenvalue weighted by molar-refractivity contribution is -0.134. The van der Waals surface area contributed by atoms with Gasteiger partial charge < -0.3 is 15.0 Å². The Hall–Kier alpha value is -1.14. The van der Waals surface area contributed by atoms with Gasteiger partial charge in [-0.25, -0.2) is 0 Å². The molecule has 98 valence electrons. The monoisotopic (exact) mass is 243 g/mol. The first-order chi connectivity index (χ1) is 8.24. The van der Waals surface area contributed by atoms with Crippen LogP contribution >= 0.6 is 0 Å². The van der Waals surface area contributed by atoms with Gasteiger partial charge in [0.05, 0.1) is 26.3 Å². The molecule has 0 radical (unpaired) electrons. The van der Waals surface area contributed by atoms with Crippen molar-refractivity contribution in [3.63, 3.8) is 0 Å². The number of hydrogen-bond donors (Lipinski definition) is 2. The number of nitrogens with one attached hydrogen (secondary N) is 2. The van der Waals surface area contributed by atoms with Crippen molar-refractivity contribution in [2.45, 2.75) is 13.3 Å². The van der Waals surface area contributed by atoms with Crippen LogP contribution in [-0.4, -0.2) is 62.7 Å². The van der Waals surface area contributed by atoms with E-state index >= 15 is 0 Å². The van der Waals surface area contributed by atoms with Crippen molar-refractivity contribution >= 4 is 11.8 Å². The molecule has 0 atom stereocenters. The smallest absolute Gasteiger partial charge is 0.236 e. The van der Waals surface area contributed by atoms with E-state index < -0.39 is 0 Å². The second-order valence-electron chi connectivity index (χ2n) is 3.95. The minimum atomic E-state index is -0.0679. The SMILES string of the molecule is CCCNC(=O)CNCC(=O)N1CCOCC1. The number of morpholine rings is 1. The highest BCUT2D eigenvalue weighted by atomic mass is 16.5. The fourth-order valence-electron chi connectivity index (χ4n) is 1.53. The Morgan fingerprint density at radius 3 is 2.59 bits per heavy atom. The van der Waals surface area contributed by atoms with Gasteiger partial charge in [-0.05, 0) is 6.42 Å². The number of nitrogens with zero attached hydrogens (tertiary/aromatic N) is 1. The summed E-state index contributed by atoms with van der Waals surface area (Å²) in [7, 11) is 0. The van der Waals surface area contributed by atoms with Crippen molar-refractivity contribution in [3.05, 3.63) is 0 Å². The Labute approximate surface area is 102 Å². The van der Waals surface area contributed by atoms with Gasteiger partial charge in [0.2, 0.25) is 11.8 Å². The van der Waals surface area contributed by atoms with Crippen LogP contribution in [0.25, 0.3) is 0 Å². The van der Waals surface area contributed by atoms with Crippen LogP contribution in [0, 0.1) is 0 Å². The molecule has 2 amide bonds. The molecule has 6 heteroatoms. The molecule has 0 aromatic rings. The summed E-state index contributed by atoms with van der Waals surface area (Å²) in [6.07, 6.45) is 0.915. The lowest BCUT2D eigenvalue weighted by Crippen LogP contribution is -2.46. The van der Waals surface area contributed by atoms with E-state index in [9.17, 15) is 9.59 Å². The zero-order valence-corrected chi connectivity index (χ0v) is 10.3. The average Bonchev–Trinajstić information content (AvgIpc) is 2.37. The van der Waals surface area contributed by atoms with Crippen LogP contribution < -0.4 is 10.6 Å². The van der Waals surface area contributed by atoms with Gasteiger partial charge in [0, 0.05) is 19.6 Å². The second kappa shape index (κ2) is 8.03. The number of ether oxygens (including phenoxy) is 1. The second-order valence-corrected chi connectivity index (χ2v) is 3.95. The number of carbonyl (C=O) groups excluding carboxylic acids is 2. The highest BCUT2D eigenvalue weighted by molar-refractivity contribution is 5.81. The third-order valence-electron chi connectivity index (χ3n) is 2.50. The maximum absolute atomic E-state index is 11.7. The van der Waals surface area contributed by atoms with Gasteiger partial charge in [0.1, 0.15) is 0 Å². The van der Waals surface area contributed by atoms with Crippen LogP contribution in [0.1, 0.15) is 13.3 Å². The number of amides is 2. The molecule has 1 aliphatic heterocycles. The Morgan fingerprint density at radius 1 is 1.24 bits per heavy atom. The molecule has 0 bridgehead atoms. The van der Waals surface area contributed by atoms with E-state index in [0.29, 0.717) is 32.8 Å². The van der Waals surface area contributed by atoms with Crippen molar-refractivity contribution in [1.29, 1.82) is 0 Å². The number of hydrogen-bond acceptors (Lipinski definition) is 4. The van der Waals surface area contributed by atoms with E-state index in [1.165, 1.54) is 0 Å². The summed E-state index contributed by atoms with van der Waals surface area (Å²) in [5.41, 5.74) is 0. The molecule has 0 aromatic heterocycles. The molecule has 1 fully saturated rings. The molecule has 17 heavy (non-hydrogen) atoms. The molecule has 1 heterocycles. The zero-order valence-electron chi connectivity index (χ0n) is 10.3. The van der Waals surface area contributed by atoms with Crippen LogP contribution in [0.4, 0.5) is 0 Å². The molecule has 0 unspecified atom stereocenters. The fraction of sp³-hybridized carbons (Fsp3) is 0.818. The first-order valence-electron chi connectivity index (χ1n) is 6.07. The summed E-state index contributed by atoms with van der Waals surface area (Å²) >= 11 is 0. The summed E-state index contributed by atoms with van der Waals surface area (Å²) in [4.78, 5) is 24.7. The topological polar surface area (TPSA) is 70.7 Å². The highest BCUT2D eigenvalue weighted by Crippen LogP contribution is 1.96. The van der Waals surface area contributed by atoms with E-state index in [1.54, 1.807) is 4.90 Å². The van der Waals surface area contributed by atoms with Crippen LogP contribution in [0.5, 0.6) is 0 Å². The van der Waals surface area contributed by atoms with E-state index in [2.05, 4.69) is 10.6 Å². The Bertz CT molecular complexity index is 252. The molecule has 0 saturated carbocycles. The van der Waals surface area contributed by atoms with E-state index in [4.69, 9.17) is 4.74 Å². The average molecular weight is 243 g/mol. The van der Waals surface area contributed by atoms with E-state index in [-0.39, 0.29) is 24.9 Å². The molecular formula is C11H21N3O3. The summed E-state index contributed by atoms with van der Waals surface area (Å²) in [5.74, 6) is -0.0433. The molecule has 2 N–H and O–H groups in total. The molecule has 6 nitrogen and oxygen atoms in total. The van der Waals surface area contributed by atoms with Gasteiger partial charge in [-0.1, -0.05) is 6.92 Å². The Morgan fingerprint density at radius 2 is 1.94 bits per heavy atom. The molecular weight excluding hydrogens is 222 g/mol. The van der Waals surface area contributed by atoms with Crippen LogP contribution in [0.15, 0.2) is 0 Å². The molecule has 0 aromatic carbocycles. The third kappa shape index (κ3) is 5.65. The predicted molar refractivity (Wildman–Crippen MR) is 63.6 cm³/mol. The maximum atomic E-state index is 11.7. The lowest BCUT2D eigenvalue weighted by Gasteiger charge is -2.26. The molecule has 1 aliphatic rings. The van der Waals surface area contributed by atoms with Crippen molar-refractivity contribution in [1.82, 2.24) is 15.5 Å². The molecule has 1 rings (SSSR count). The Balaban J connectivity index is 2.08. The quantitative estimate of drug-likeness (QED) is 0.625. The van der Waals surface area contributed by atoms with E-state index in [1.807, 2.05) is 6.92 Å². The zero-order chi connectivity index (χ0) is 12.5. The number of rotatable bonds is 6. The molecule has 1 saturated heterocycles. The first-order valence-corrected chi connectivity index (χ1v) is 6.07. The van der Waals surface area contributed by atoms with Crippen molar-refractivity contribution in [2.24, 2.45) is 0 Å². The van der Waals surface area contributed by atoms with Gasteiger partial charge in [-0.3, -0.25) is 14.9 Å².